The van der Waals surface area contributed by atoms with Gasteiger partial charge >= 0.3 is 0 Å². The van der Waals surface area contributed by atoms with Crippen molar-refractivity contribution < 1.29 is 0 Å². The Morgan fingerprint density at radius 2 is 0.938 bits per heavy atom. The summed E-state index contributed by atoms with van der Waals surface area (Å²) in [6, 6.07) is 59.0. The van der Waals surface area contributed by atoms with Gasteiger partial charge in [-0.05, 0) is 71.3 Å². The topological polar surface area (TPSA) is 57.4 Å². The first-order valence-corrected chi connectivity index (χ1v) is 15.9. The number of hydrogen-bond donors (Lipinski definition) is 0. The normalized spacial score (nSPS) is 11.3. The number of nitriles is 2. The molecule has 0 N–H and O–H groups in total. The maximum absolute atomic E-state index is 10.4. The first-order valence-electron chi connectivity index (χ1n) is 15.9. The third-order valence-corrected chi connectivity index (χ3v) is 9.42. The van der Waals surface area contributed by atoms with E-state index < -0.39 is 0 Å². The highest BCUT2D eigenvalue weighted by Gasteiger charge is 2.20. The molecule has 0 atom stereocenters. The Labute approximate surface area is 277 Å². The Bertz CT molecular complexity index is 2750. The number of nitrogens with zero attached hydrogens (tertiary/aromatic N) is 4. The minimum Gasteiger partial charge on any atom is -0.309 e. The van der Waals surface area contributed by atoms with Gasteiger partial charge in [0.1, 0.15) is 6.07 Å². The molecule has 222 valence electrons. The average molecular weight is 611 g/mol. The number of aromatic nitrogens is 2. The van der Waals surface area contributed by atoms with Crippen molar-refractivity contribution in [1.29, 1.82) is 10.5 Å². The largest absolute Gasteiger partial charge is 0.309 e. The fourth-order valence-corrected chi connectivity index (χ4v) is 7.34. The van der Waals surface area contributed by atoms with E-state index >= 15 is 0 Å². The van der Waals surface area contributed by atoms with E-state index in [0.717, 1.165) is 77.2 Å². The summed E-state index contributed by atoms with van der Waals surface area (Å²) < 4.78 is 4.51. The summed E-state index contributed by atoms with van der Waals surface area (Å²) in [6.07, 6.45) is 0. The zero-order valence-electron chi connectivity index (χ0n) is 25.8. The van der Waals surface area contributed by atoms with Crippen molar-refractivity contribution in [2.45, 2.75) is 0 Å². The van der Waals surface area contributed by atoms with Crippen LogP contribution in [0.2, 0.25) is 0 Å². The lowest BCUT2D eigenvalue weighted by Gasteiger charge is -2.18. The standard InChI is InChI=1S/C44H26N4/c45-27-29-20-25-43-39(26-29)37-15-5-6-17-40(37)47(43)32-23-21-30(22-24-32)33-11-1-2-12-34(33)38-16-9-10-31(28-46)44(38)48-41-18-7-3-13-35(41)36-14-4-8-19-42(36)48/h1-26H. The van der Waals surface area contributed by atoms with Gasteiger partial charge < -0.3 is 9.13 Å². The van der Waals surface area contributed by atoms with Crippen LogP contribution in [-0.2, 0) is 0 Å². The quantitative estimate of drug-likeness (QED) is 0.199. The van der Waals surface area contributed by atoms with Crippen molar-refractivity contribution in [2.75, 3.05) is 0 Å². The first-order chi connectivity index (χ1) is 23.7. The smallest absolute Gasteiger partial charge is 0.101 e. The van der Waals surface area contributed by atoms with Crippen LogP contribution in [0.15, 0.2) is 158 Å². The van der Waals surface area contributed by atoms with Gasteiger partial charge in [0.2, 0.25) is 0 Å². The third kappa shape index (κ3) is 4.07. The fraction of sp³-hybridized carbons (Fsp3) is 0. The van der Waals surface area contributed by atoms with Gasteiger partial charge in [-0.2, -0.15) is 10.5 Å². The summed E-state index contributed by atoms with van der Waals surface area (Å²) in [5.41, 5.74) is 11.7. The first kappa shape index (κ1) is 27.4. The number of fused-ring (bicyclic) bond motifs is 6. The molecule has 0 spiro atoms. The number of para-hydroxylation sites is 4. The Kier molecular flexibility index (Phi) is 6.22. The van der Waals surface area contributed by atoms with Gasteiger partial charge in [0.05, 0.1) is 45.0 Å². The molecule has 9 aromatic rings. The van der Waals surface area contributed by atoms with Crippen molar-refractivity contribution in [1.82, 2.24) is 9.13 Å². The molecule has 2 aromatic heterocycles. The summed E-state index contributed by atoms with van der Waals surface area (Å²) in [4.78, 5) is 0. The molecule has 0 saturated carbocycles. The summed E-state index contributed by atoms with van der Waals surface area (Å²) in [5.74, 6) is 0. The van der Waals surface area contributed by atoms with E-state index in [4.69, 9.17) is 0 Å². The predicted molar refractivity (Wildman–Crippen MR) is 195 cm³/mol. The molecule has 7 aromatic carbocycles. The van der Waals surface area contributed by atoms with Crippen LogP contribution in [0.3, 0.4) is 0 Å². The van der Waals surface area contributed by atoms with Crippen LogP contribution in [0, 0.1) is 22.7 Å². The van der Waals surface area contributed by atoms with E-state index in [2.05, 4.69) is 143 Å². The Morgan fingerprint density at radius 1 is 0.396 bits per heavy atom. The summed E-state index contributed by atoms with van der Waals surface area (Å²) in [7, 11) is 0. The Morgan fingerprint density at radius 3 is 1.58 bits per heavy atom. The van der Waals surface area contributed by atoms with E-state index in [-0.39, 0.29) is 0 Å². The van der Waals surface area contributed by atoms with E-state index in [1.54, 1.807) is 0 Å². The molecular weight excluding hydrogens is 585 g/mol. The molecule has 0 aliphatic heterocycles. The zero-order chi connectivity index (χ0) is 32.2. The van der Waals surface area contributed by atoms with Gasteiger partial charge in [0.25, 0.3) is 0 Å². The fourth-order valence-electron chi connectivity index (χ4n) is 7.34. The Balaban J connectivity index is 1.23. The van der Waals surface area contributed by atoms with E-state index in [1.807, 2.05) is 36.4 Å². The highest BCUT2D eigenvalue weighted by Crippen LogP contribution is 2.41. The lowest BCUT2D eigenvalue weighted by Crippen LogP contribution is -2.01. The van der Waals surface area contributed by atoms with Crippen molar-refractivity contribution in [3.8, 4) is 45.8 Å². The third-order valence-electron chi connectivity index (χ3n) is 9.42. The second kappa shape index (κ2) is 10.9. The second-order valence-electron chi connectivity index (χ2n) is 12.0. The molecule has 4 nitrogen and oxygen atoms in total. The van der Waals surface area contributed by atoms with E-state index in [1.165, 1.54) is 0 Å². The molecule has 0 unspecified atom stereocenters. The molecule has 0 bridgehead atoms. The van der Waals surface area contributed by atoms with Crippen molar-refractivity contribution in [3.05, 3.63) is 169 Å². The lowest BCUT2D eigenvalue weighted by atomic mass is 9.92. The number of rotatable bonds is 4. The van der Waals surface area contributed by atoms with Gasteiger partial charge in [0, 0.05) is 32.8 Å². The molecule has 0 aliphatic carbocycles. The van der Waals surface area contributed by atoms with Gasteiger partial charge in [0.15, 0.2) is 0 Å². The molecule has 48 heavy (non-hydrogen) atoms. The molecule has 0 radical (unpaired) electrons. The highest BCUT2D eigenvalue weighted by atomic mass is 15.0. The van der Waals surface area contributed by atoms with Gasteiger partial charge in [-0.15, -0.1) is 0 Å². The lowest BCUT2D eigenvalue weighted by molar-refractivity contribution is 1.17. The van der Waals surface area contributed by atoms with Crippen LogP contribution in [0.25, 0.3) is 77.2 Å². The maximum Gasteiger partial charge on any atom is 0.101 e. The van der Waals surface area contributed by atoms with Gasteiger partial charge in [-0.25, -0.2) is 0 Å². The molecule has 0 fully saturated rings. The highest BCUT2D eigenvalue weighted by molar-refractivity contribution is 6.11. The Hall–Kier alpha value is -6.88. The summed E-state index contributed by atoms with van der Waals surface area (Å²) in [5, 5.41) is 24.5. The molecule has 4 heteroatoms. The number of hydrogen-bond acceptors (Lipinski definition) is 2. The molecule has 0 aliphatic rings. The molecule has 9 rings (SSSR count). The minimum atomic E-state index is 0.620. The summed E-state index contributed by atoms with van der Waals surface area (Å²) >= 11 is 0. The predicted octanol–water partition coefficient (Wildman–Crippen LogP) is 11.0. The van der Waals surface area contributed by atoms with Crippen LogP contribution >= 0.6 is 0 Å². The van der Waals surface area contributed by atoms with Gasteiger partial charge in [-0.1, -0.05) is 103 Å². The minimum absolute atomic E-state index is 0.620. The molecular formula is C44H26N4. The van der Waals surface area contributed by atoms with Crippen LogP contribution in [0.4, 0.5) is 0 Å². The summed E-state index contributed by atoms with van der Waals surface area (Å²) in [6.45, 7) is 0. The van der Waals surface area contributed by atoms with Crippen LogP contribution < -0.4 is 0 Å². The number of benzene rings is 7. The molecule has 0 saturated heterocycles. The monoisotopic (exact) mass is 610 g/mol. The molecule has 0 amide bonds. The van der Waals surface area contributed by atoms with Gasteiger partial charge in [-0.3, -0.25) is 0 Å². The van der Waals surface area contributed by atoms with Crippen LogP contribution in [0.5, 0.6) is 0 Å². The molecule has 2 heterocycles. The average Bonchev–Trinajstić information content (AvgIpc) is 3.67. The maximum atomic E-state index is 10.4. The van der Waals surface area contributed by atoms with Crippen molar-refractivity contribution >= 4 is 43.6 Å². The van der Waals surface area contributed by atoms with Crippen LogP contribution in [0.1, 0.15) is 11.1 Å². The zero-order valence-corrected chi connectivity index (χ0v) is 25.8. The van der Waals surface area contributed by atoms with Crippen molar-refractivity contribution in [2.24, 2.45) is 0 Å². The van der Waals surface area contributed by atoms with Crippen LogP contribution in [-0.4, -0.2) is 9.13 Å². The van der Waals surface area contributed by atoms with E-state index in [0.29, 0.717) is 11.1 Å². The second-order valence-corrected chi connectivity index (χ2v) is 12.0. The SMILES string of the molecule is N#Cc1ccc2c(c1)c1ccccc1n2-c1ccc(-c2ccccc2-c2cccc(C#N)c2-n2c3ccccc3c3ccccc32)cc1. The van der Waals surface area contributed by atoms with E-state index in [9.17, 15) is 10.5 Å². The van der Waals surface area contributed by atoms with Crippen molar-refractivity contribution in [3.63, 3.8) is 0 Å².